The van der Waals surface area contributed by atoms with Crippen LogP contribution in [-0.4, -0.2) is 20.3 Å². The zero-order valence-electron chi connectivity index (χ0n) is 18.9. The molecule has 1 atom stereocenters. The van der Waals surface area contributed by atoms with Crippen molar-refractivity contribution in [1.82, 2.24) is 9.55 Å². The van der Waals surface area contributed by atoms with E-state index in [1.165, 1.54) is 12.1 Å². The molecule has 2 aromatic heterocycles. The highest BCUT2D eigenvalue weighted by Gasteiger charge is 2.30. The fourth-order valence-electron chi connectivity index (χ4n) is 4.07. The van der Waals surface area contributed by atoms with Gasteiger partial charge in [-0.05, 0) is 71.7 Å². The average molecular weight is 411 g/mol. The molecule has 0 saturated heterocycles. The second-order valence-corrected chi connectivity index (χ2v) is 8.75. The Hall–Kier alpha value is -2.66. The summed E-state index contributed by atoms with van der Waals surface area (Å²) in [5, 5.41) is 11.5. The van der Waals surface area contributed by atoms with Gasteiger partial charge in [-0.2, -0.15) is 0 Å². The molecule has 0 aliphatic carbocycles. The lowest BCUT2D eigenvalue weighted by Crippen LogP contribution is -2.25. The number of aromatic nitrogens is 2. The maximum atomic E-state index is 13.7. The van der Waals surface area contributed by atoms with Crippen molar-refractivity contribution in [2.24, 2.45) is 0 Å². The third-order valence-electron chi connectivity index (χ3n) is 5.47. The minimum atomic E-state index is -0.758. The van der Waals surface area contributed by atoms with Gasteiger partial charge in [0.2, 0.25) is 0 Å². The summed E-state index contributed by atoms with van der Waals surface area (Å²) in [5.41, 5.74) is 5.86. The van der Waals surface area contributed by atoms with Gasteiger partial charge in [-0.1, -0.05) is 18.7 Å². The number of ether oxygens (including phenoxy) is 1. The monoisotopic (exact) mass is 410 g/mol. The first kappa shape index (κ1) is 22.0. The van der Waals surface area contributed by atoms with Crippen LogP contribution in [0.15, 0.2) is 36.6 Å². The maximum Gasteiger partial charge on any atom is 0.142 e. The van der Waals surface area contributed by atoms with E-state index in [2.05, 4.69) is 31.9 Å². The fourth-order valence-corrected chi connectivity index (χ4v) is 4.07. The Bertz CT molecular complexity index is 1110. The van der Waals surface area contributed by atoms with Crippen LogP contribution in [0.3, 0.4) is 0 Å². The third-order valence-corrected chi connectivity index (χ3v) is 5.47. The molecular formula is C25H31FN2O2. The van der Waals surface area contributed by atoms with Crippen molar-refractivity contribution in [3.05, 3.63) is 64.9 Å². The summed E-state index contributed by atoms with van der Waals surface area (Å²) in [7, 11) is 0. The summed E-state index contributed by atoms with van der Waals surface area (Å²) < 4.78 is 22.1. The Kier molecular flexibility index (Phi) is 5.79. The molecular weight excluding hydrogens is 379 g/mol. The van der Waals surface area contributed by atoms with Crippen LogP contribution in [0, 0.1) is 26.6 Å². The number of aliphatic hydroxyl groups is 1. The van der Waals surface area contributed by atoms with Crippen molar-refractivity contribution in [2.75, 3.05) is 0 Å². The first-order chi connectivity index (χ1) is 14.0. The van der Waals surface area contributed by atoms with Crippen LogP contribution in [0.5, 0.6) is 0 Å². The van der Waals surface area contributed by atoms with E-state index < -0.39 is 11.7 Å². The lowest BCUT2D eigenvalue weighted by molar-refractivity contribution is -0.0596. The molecule has 5 heteroatoms. The van der Waals surface area contributed by atoms with E-state index in [1.54, 1.807) is 12.1 Å². The summed E-state index contributed by atoms with van der Waals surface area (Å²) in [6, 6.07) is 6.43. The van der Waals surface area contributed by atoms with Crippen molar-refractivity contribution >= 4 is 11.0 Å². The van der Waals surface area contributed by atoms with Crippen LogP contribution in [0.4, 0.5) is 4.39 Å². The van der Waals surface area contributed by atoms with Crippen molar-refractivity contribution in [2.45, 2.75) is 66.7 Å². The molecule has 0 saturated carbocycles. The highest BCUT2D eigenvalue weighted by atomic mass is 19.1. The Morgan fingerprint density at radius 2 is 1.80 bits per heavy atom. The van der Waals surface area contributed by atoms with Crippen LogP contribution in [0.1, 0.15) is 56.3 Å². The predicted octanol–water partition coefficient (Wildman–Crippen LogP) is 6.72. The van der Waals surface area contributed by atoms with Gasteiger partial charge >= 0.3 is 0 Å². The Labute approximate surface area is 178 Å². The van der Waals surface area contributed by atoms with E-state index in [0.29, 0.717) is 0 Å². The standard InChI is InChI=1S/C25H31FN2O2/c1-9-28-16(4)14(2)20-22(18-10-12-19(26)13-11-18)21(15(3)27-24(20)28)23(17(5)29)30-25(6,7)8/h10-13,23,29H,5,9H2,1-4,6-8H3. The van der Waals surface area contributed by atoms with Gasteiger partial charge in [0.15, 0.2) is 0 Å². The number of aliphatic hydroxyl groups excluding tert-OH is 1. The Balaban J connectivity index is 2.49. The molecule has 4 nitrogen and oxygen atoms in total. The summed E-state index contributed by atoms with van der Waals surface area (Å²) in [5.74, 6) is -0.378. The SMILES string of the molecule is C=C(O)C(OC(C)(C)C)c1c(C)nc2c(c(C)c(C)n2CC)c1-c1ccc(F)cc1. The number of hydrogen-bond donors (Lipinski definition) is 1. The predicted molar refractivity (Wildman–Crippen MR) is 120 cm³/mol. The minimum absolute atomic E-state index is 0.0816. The molecule has 1 N–H and O–H groups in total. The summed E-state index contributed by atoms with van der Waals surface area (Å²) in [6.07, 6.45) is -0.758. The fraction of sp³-hybridized carbons (Fsp3) is 0.400. The molecule has 2 heterocycles. The largest absolute Gasteiger partial charge is 0.510 e. The van der Waals surface area contributed by atoms with Crippen molar-refractivity contribution in [3.8, 4) is 11.1 Å². The van der Waals surface area contributed by atoms with Crippen molar-refractivity contribution in [3.63, 3.8) is 0 Å². The van der Waals surface area contributed by atoms with Gasteiger partial charge in [-0.25, -0.2) is 9.37 Å². The molecule has 160 valence electrons. The summed E-state index contributed by atoms with van der Waals surface area (Å²) in [6.45, 7) is 18.5. The van der Waals surface area contributed by atoms with Crippen LogP contribution in [0.2, 0.25) is 0 Å². The number of fused-ring (bicyclic) bond motifs is 1. The van der Waals surface area contributed by atoms with E-state index in [-0.39, 0.29) is 11.6 Å². The molecule has 3 rings (SSSR count). The van der Waals surface area contributed by atoms with Gasteiger partial charge < -0.3 is 14.4 Å². The van der Waals surface area contributed by atoms with Crippen LogP contribution in [-0.2, 0) is 11.3 Å². The number of hydrogen-bond acceptors (Lipinski definition) is 3. The van der Waals surface area contributed by atoms with E-state index in [0.717, 1.165) is 51.2 Å². The van der Waals surface area contributed by atoms with Gasteiger partial charge in [0.1, 0.15) is 23.3 Å². The molecule has 30 heavy (non-hydrogen) atoms. The number of benzene rings is 1. The molecule has 0 bridgehead atoms. The number of aryl methyl sites for hydroxylation is 3. The number of nitrogens with zero attached hydrogens (tertiary/aromatic N) is 2. The second-order valence-electron chi connectivity index (χ2n) is 8.75. The zero-order valence-corrected chi connectivity index (χ0v) is 18.9. The third kappa shape index (κ3) is 3.86. The molecule has 1 aromatic carbocycles. The van der Waals surface area contributed by atoms with E-state index in [1.807, 2.05) is 27.7 Å². The molecule has 0 fully saturated rings. The Morgan fingerprint density at radius 3 is 2.30 bits per heavy atom. The highest BCUT2D eigenvalue weighted by Crippen LogP contribution is 2.43. The average Bonchev–Trinajstić information content (AvgIpc) is 2.88. The molecule has 0 spiro atoms. The molecule has 1 unspecified atom stereocenters. The van der Waals surface area contributed by atoms with Gasteiger partial charge in [0.05, 0.1) is 5.60 Å². The van der Waals surface area contributed by atoms with Gasteiger partial charge in [-0.3, -0.25) is 0 Å². The van der Waals surface area contributed by atoms with Crippen molar-refractivity contribution < 1.29 is 14.2 Å². The molecule has 0 aliphatic rings. The van der Waals surface area contributed by atoms with Crippen LogP contribution < -0.4 is 0 Å². The smallest absolute Gasteiger partial charge is 0.142 e. The molecule has 3 aromatic rings. The lowest BCUT2D eigenvalue weighted by atomic mass is 9.90. The number of rotatable bonds is 5. The minimum Gasteiger partial charge on any atom is -0.510 e. The lowest BCUT2D eigenvalue weighted by Gasteiger charge is -2.30. The molecule has 0 radical (unpaired) electrons. The number of pyridine rings is 1. The van der Waals surface area contributed by atoms with Gasteiger partial charge in [0, 0.05) is 34.4 Å². The summed E-state index contributed by atoms with van der Waals surface area (Å²) in [4.78, 5) is 4.92. The topological polar surface area (TPSA) is 47.3 Å². The first-order valence-corrected chi connectivity index (χ1v) is 10.3. The van der Waals surface area contributed by atoms with Crippen LogP contribution >= 0.6 is 0 Å². The van der Waals surface area contributed by atoms with Crippen LogP contribution in [0.25, 0.3) is 22.2 Å². The zero-order chi connectivity index (χ0) is 22.4. The first-order valence-electron chi connectivity index (χ1n) is 10.3. The number of halogens is 1. The summed E-state index contributed by atoms with van der Waals surface area (Å²) >= 11 is 0. The van der Waals surface area contributed by atoms with Gasteiger partial charge in [0.25, 0.3) is 0 Å². The normalized spacial score (nSPS) is 13.1. The van der Waals surface area contributed by atoms with E-state index in [4.69, 9.17) is 9.72 Å². The van der Waals surface area contributed by atoms with Gasteiger partial charge in [-0.15, -0.1) is 0 Å². The molecule has 0 amide bonds. The van der Waals surface area contributed by atoms with E-state index in [9.17, 15) is 9.50 Å². The quantitative estimate of drug-likeness (QED) is 0.475. The molecule has 0 aliphatic heterocycles. The second kappa shape index (κ2) is 7.88. The highest BCUT2D eigenvalue weighted by molar-refractivity contribution is 5.99. The maximum absolute atomic E-state index is 13.7. The Morgan fingerprint density at radius 1 is 1.20 bits per heavy atom. The van der Waals surface area contributed by atoms with E-state index >= 15 is 0 Å². The van der Waals surface area contributed by atoms with Crippen molar-refractivity contribution in [1.29, 1.82) is 0 Å².